The van der Waals surface area contributed by atoms with E-state index in [-0.39, 0.29) is 40.8 Å². The van der Waals surface area contributed by atoms with Crippen molar-refractivity contribution in [3.8, 4) is 0 Å². The first-order valence-corrected chi connectivity index (χ1v) is 0.926. The molecule has 0 aliphatic carbocycles. The molecule has 0 aliphatic heterocycles. The summed E-state index contributed by atoms with van der Waals surface area (Å²) in [5, 5.41) is 0. The average molecular weight is 231 g/mol. The van der Waals surface area contributed by atoms with E-state index < -0.39 is 0 Å². The average Bonchev–Trinajstić information content (AvgIpc) is 0.918. The van der Waals surface area contributed by atoms with Crippen LogP contribution in [-0.4, -0.2) is 0 Å². The first-order valence-electron chi connectivity index (χ1n) is 0.309. The van der Waals surface area contributed by atoms with Crippen molar-refractivity contribution >= 4 is 23.7 Å². The van der Waals surface area contributed by atoms with Crippen molar-refractivity contribution < 1.29 is 44.7 Å². The van der Waals surface area contributed by atoms with Crippen LogP contribution in [0.25, 0.3) is 0 Å². The molecule has 0 rings (SSSR count). The summed E-state index contributed by atoms with van der Waals surface area (Å²) in [7, 11) is 0. The first-order chi connectivity index (χ1) is 1.41. The van der Waals surface area contributed by atoms with Crippen molar-refractivity contribution in [2.75, 3.05) is 0 Å². The normalized spacial score (nSPS) is 4.50. The molecule has 0 aromatic rings. The zero-order chi connectivity index (χ0) is 2.71. The minimum Gasteiger partial charge on any atom is -0.166 e. The molecule has 0 unspecified atom stereocenters. The summed E-state index contributed by atoms with van der Waals surface area (Å²) < 4.78 is 3.19. The van der Waals surface area contributed by atoms with E-state index in [9.17, 15) is 0 Å². The van der Waals surface area contributed by atoms with Gasteiger partial charge in [0.15, 0.2) is 0 Å². The summed E-state index contributed by atoms with van der Waals surface area (Å²) in [5.41, 5.74) is 0. The van der Waals surface area contributed by atoms with Crippen LogP contribution in [0.5, 0.6) is 0 Å². The molecule has 0 aromatic heterocycles. The molecule has 0 aliphatic rings. The Balaban J connectivity index is 0. The Labute approximate surface area is 67.5 Å². The maximum absolute atomic E-state index is 4.26. The molecule has 0 N–H and O–H groups in total. The van der Waals surface area contributed by atoms with Crippen molar-refractivity contribution in [1.29, 1.82) is 0 Å². The van der Waals surface area contributed by atoms with Crippen molar-refractivity contribution in [3.05, 3.63) is 0 Å². The van der Waals surface area contributed by atoms with Crippen LogP contribution < -0.4 is 0 Å². The molecule has 0 amide bonds. The maximum Gasteiger partial charge on any atom is 0.0832 e. The number of halogens is 2. The zero-order valence-electron chi connectivity index (χ0n) is 1.66. The molecule has 0 fully saturated rings. The number of hydrogen-bond donors (Lipinski definition) is 0. The smallest absolute Gasteiger partial charge is 0.0832 e. The van der Waals surface area contributed by atoms with Crippen LogP contribution in [0, 0.1) is 40.8 Å². The molecule has 4 heavy (non-hydrogen) atoms. The fourth-order valence-electron chi connectivity index (χ4n) is 0. The van der Waals surface area contributed by atoms with Gasteiger partial charge in [0.1, 0.15) is 0 Å². The third kappa shape index (κ3) is 9.09. The van der Waals surface area contributed by atoms with Crippen LogP contribution in [0.15, 0.2) is 0 Å². The Kier molecular flexibility index (Phi) is 20.6. The summed E-state index contributed by atoms with van der Waals surface area (Å²) >= 11 is 8.53. The fraction of sp³-hybridized carbons (Fsp3) is 0. The second-order valence-electron chi connectivity index (χ2n) is 0.0583. The molecule has 0 atom stereocenters. The molecule has 4 heteroatoms. The Hall–Kier alpha value is 1.89. The second kappa shape index (κ2) is 8.86. The van der Waals surface area contributed by atoms with Crippen molar-refractivity contribution in [3.63, 3.8) is 0 Å². The molecule has 1 nitrogen and oxygen atoms in total. The fourth-order valence-corrected chi connectivity index (χ4v) is 0. The summed E-state index contributed by atoms with van der Waals surface area (Å²) in [6.45, 7) is 0. The molecular formula is Cl2NdO. The van der Waals surface area contributed by atoms with Gasteiger partial charge in [-0.05, 0) is 0 Å². The minimum absolute atomic E-state index is 0. The van der Waals surface area contributed by atoms with E-state index in [0.717, 1.165) is 0 Å². The number of rotatable bonds is 0. The van der Waals surface area contributed by atoms with Gasteiger partial charge in [-0.1, -0.05) is 0 Å². The topological polar surface area (TPSA) is 9.23 Å². The van der Waals surface area contributed by atoms with E-state index in [4.69, 9.17) is 0 Å². The SMILES string of the molecule is ClOCl.[Nd]. The van der Waals surface area contributed by atoms with Crippen molar-refractivity contribution in [1.82, 2.24) is 0 Å². The van der Waals surface area contributed by atoms with Gasteiger partial charge in [-0.3, -0.25) is 0 Å². The van der Waals surface area contributed by atoms with Crippen LogP contribution in [0.3, 0.4) is 0 Å². The Bertz CT molecular complexity index is 6.00. The third-order valence-corrected chi connectivity index (χ3v) is 0. The van der Waals surface area contributed by atoms with Gasteiger partial charge in [-0.2, -0.15) is 3.84 Å². The molecule has 0 heterocycles. The van der Waals surface area contributed by atoms with Crippen LogP contribution in [0.4, 0.5) is 0 Å². The summed E-state index contributed by atoms with van der Waals surface area (Å²) in [6, 6.07) is 0. The summed E-state index contributed by atoms with van der Waals surface area (Å²) in [6.07, 6.45) is 0. The molecule has 0 bridgehead atoms. The van der Waals surface area contributed by atoms with E-state index in [1.807, 2.05) is 0 Å². The molecular weight excluding hydrogens is 231 g/mol. The Morgan fingerprint density at radius 1 is 1.25 bits per heavy atom. The van der Waals surface area contributed by atoms with Crippen molar-refractivity contribution in [2.24, 2.45) is 0 Å². The van der Waals surface area contributed by atoms with Crippen LogP contribution in [0.1, 0.15) is 0 Å². The van der Waals surface area contributed by atoms with Gasteiger partial charge in [-0.25, -0.2) is 0 Å². The van der Waals surface area contributed by atoms with Gasteiger partial charge < -0.3 is 0 Å². The zero-order valence-corrected chi connectivity index (χ0v) is 6.38. The first kappa shape index (κ1) is 9.31. The van der Waals surface area contributed by atoms with E-state index in [1.165, 1.54) is 0 Å². The van der Waals surface area contributed by atoms with Gasteiger partial charge in [0, 0.05) is 40.8 Å². The molecule has 0 aromatic carbocycles. The predicted octanol–water partition coefficient (Wildman–Crippen LogP) is 1.31. The Morgan fingerprint density at radius 3 is 1.25 bits per heavy atom. The summed E-state index contributed by atoms with van der Waals surface area (Å²) in [4.78, 5) is 0. The van der Waals surface area contributed by atoms with Gasteiger partial charge in [-0.15, -0.1) is 0 Å². The minimum atomic E-state index is 0. The molecule has 0 spiro atoms. The van der Waals surface area contributed by atoms with Crippen LogP contribution in [-0.2, 0) is 3.84 Å². The van der Waals surface area contributed by atoms with Crippen LogP contribution >= 0.6 is 23.7 Å². The van der Waals surface area contributed by atoms with E-state index in [0.29, 0.717) is 0 Å². The quantitative estimate of drug-likeness (QED) is 0.610. The largest absolute Gasteiger partial charge is 0.166 e. The van der Waals surface area contributed by atoms with Gasteiger partial charge in [0.2, 0.25) is 0 Å². The molecule has 0 saturated heterocycles. The predicted molar refractivity (Wildman–Crippen MR) is 12.8 cm³/mol. The van der Waals surface area contributed by atoms with Gasteiger partial charge in [0.25, 0.3) is 0 Å². The van der Waals surface area contributed by atoms with Gasteiger partial charge >= 0.3 is 0 Å². The second-order valence-corrected chi connectivity index (χ2v) is 0.525. The monoisotopic (exact) mass is 228 g/mol. The van der Waals surface area contributed by atoms with E-state index in [1.54, 1.807) is 0 Å². The standard InChI is InChI=1S/Cl2O.Nd/c1-3-2;. The molecule has 0 radical (unpaired) electrons. The summed E-state index contributed by atoms with van der Waals surface area (Å²) in [5.74, 6) is 0. The van der Waals surface area contributed by atoms with Gasteiger partial charge in [0.05, 0.1) is 23.7 Å². The van der Waals surface area contributed by atoms with Crippen molar-refractivity contribution in [2.45, 2.75) is 0 Å². The number of hydrogen-bond acceptors (Lipinski definition) is 1. The maximum atomic E-state index is 4.26. The van der Waals surface area contributed by atoms with E-state index in [2.05, 4.69) is 27.6 Å². The molecule has 0 saturated carbocycles. The van der Waals surface area contributed by atoms with E-state index >= 15 is 0 Å². The Morgan fingerprint density at radius 2 is 1.25 bits per heavy atom. The molecule has 24 valence electrons. The van der Waals surface area contributed by atoms with Crippen LogP contribution in [0.2, 0.25) is 0 Å². The third-order valence-electron chi connectivity index (χ3n) is 0.